The molecule has 1 N–H and O–H groups in total. The van der Waals surface area contributed by atoms with Crippen LogP contribution in [0.1, 0.15) is 5.56 Å². The fraction of sp³-hybridized carbons (Fsp3) is 0.333. The minimum atomic E-state index is 0.328. The van der Waals surface area contributed by atoms with Crippen LogP contribution in [-0.4, -0.2) is 13.8 Å². The molecule has 0 radical (unpaired) electrons. The molecule has 1 aliphatic heterocycles. The van der Waals surface area contributed by atoms with E-state index in [9.17, 15) is 0 Å². The highest BCUT2D eigenvalue weighted by atomic mass is 16.7. The molecule has 0 spiro atoms. The third-order valence-corrected chi connectivity index (χ3v) is 1.98. The smallest absolute Gasteiger partial charge is 0.231 e. The second-order valence-electron chi connectivity index (χ2n) is 2.74. The third-order valence-electron chi connectivity index (χ3n) is 1.98. The standard InChI is InChI=1S/C9H11NO2/c1-6-3-4-7(10-2)9-8(6)11-5-12-9/h3-4,10H,5H2,1-2H3. The number of nitrogens with one attached hydrogen (secondary N) is 1. The molecule has 12 heavy (non-hydrogen) atoms. The fourth-order valence-corrected chi connectivity index (χ4v) is 1.33. The predicted octanol–water partition coefficient (Wildman–Crippen LogP) is 1.77. The van der Waals surface area contributed by atoms with Gasteiger partial charge in [-0.2, -0.15) is 0 Å². The second-order valence-corrected chi connectivity index (χ2v) is 2.74. The lowest BCUT2D eigenvalue weighted by molar-refractivity contribution is 0.174. The van der Waals surface area contributed by atoms with E-state index in [0.29, 0.717) is 6.79 Å². The van der Waals surface area contributed by atoms with Crippen molar-refractivity contribution in [2.45, 2.75) is 6.92 Å². The molecular weight excluding hydrogens is 154 g/mol. The summed E-state index contributed by atoms with van der Waals surface area (Å²) >= 11 is 0. The van der Waals surface area contributed by atoms with Crippen molar-refractivity contribution in [3.05, 3.63) is 17.7 Å². The van der Waals surface area contributed by atoms with Crippen LogP contribution >= 0.6 is 0 Å². The van der Waals surface area contributed by atoms with E-state index in [1.165, 1.54) is 0 Å². The number of aryl methyl sites for hydroxylation is 1. The molecule has 0 unspecified atom stereocenters. The summed E-state index contributed by atoms with van der Waals surface area (Å²) in [7, 11) is 1.87. The van der Waals surface area contributed by atoms with Crippen molar-refractivity contribution in [1.29, 1.82) is 0 Å². The van der Waals surface area contributed by atoms with Crippen molar-refractivity contribution in [2.24, 2.45) is 0 Å². The molecule has 1 aromatic rings. The number of rotatable bonds is 1. The molecular formula is C9H11NO2. The molecule has 3 heteroatoms. The summed E-state index contributed by atoms with van der Waals surface area (Å²) in [5.41, 5.74) is 2.09. The van der Waals surface area contributed by atoms with E-state index in [4.69, 9.17) is 9.47 Å². The molecule has 0 saturated heterocycles. The van der Waals surface area contributed by atoms with Gasteiger partial charge >= 0.3 is 0 Å². The Morgan fingerprint density at radius 1 is 1.25 bits per heavy atom. The maximum Gasteiger partial charge on any atom is 0.231 e. The zero-order valence-corrected chi connectivity index (χ0v) is 7.18. The molecule has 3 nitrogen and oxygen atoms in total. The Balaban J connectivity index is 2.57. The number of fused-ring (bicyclic) bond motifs is 1. The normalized spacial score (nSPS) is 13.2. The van der Waals surface area contributed by atoms with Crippen molar-refractivity contribution in [3.63, 3.8) is 0 Å². The molecule has 64 valence electrons. The quantitative estimate of drug-likeness (QED) is 0.687. The van der Waals surface area contributed by atoms with E-state index in [1.807, 2.05) is 26.1 Å². The average Bonchev–Trinajstić information content (AvgIpc) is 2.54. The Bertz CT molecular complexity index is 310. The van der Waals surface area contributed by atoms with Crippen LogP contribution in [0.5, 0.6) is 11.5 Å². The topological polar surface area (TPSA) is 30.5 Å². The number of benzene rings is 1. The van der Waals surface area contributed by atoms with Crippen LogP contribution in [-0.2, 0) is 0 Å². The Hall–Kier alpha value is -1.38. The van der Waals surface area contributed by atoms with E-state index >= 15 is 0 Å². The fourth-order valence-electron chi connectivity index (χ4n) is 1.33. The van der Waals surface area contributed by atoms with Crippen LogP contribution in [0.4, 0.5) is 5.69 Å². The first-order chi connectivity index (χ1) is 5.83. The Morgan fingerprint density at radius 2 is 2.00 bits per heavy atom. The van der Waals surface area contributed by atoms with Crippen LogP contribution in [0.15, 0.2) is 12.1 Å². The van der Waals surface area contributed by atoms with Crippen LogP contribution < -0.4 is 14.8 Å². The highest BCUT2D eigenvalue weighted by Gasteiger charge is 2.18. The first-order valence-electron chi connectivity index (χ1n) is 3.90. The summed E-state index contributed by atoms with van der Waals surface area (Å²) in [5.74, 6) is 1.69. The first kappa shape index (κ1) is 7.28. The summed E-state index contributed by atoms with van der Waals surface area (Å²) < 4.78 is 10.6. The monoisotopic (exact) mass is 165 g/mol. The lowest BCUT2D eigenvalue weighted by Crippen LogP contribution is -1.94. The first-order valence-corrected chi connectivity index (χ1v) is 3.90. The van der Waals surface area contributed by atoms with Crippen molar-refractivity contribution in [2.75, 3.05) is 19.2 Å². The van der Waals surface area contributed by atoms with Crippen molar-refractivity contribution >= 4 is 5.69 Å². The molecule has 0 saturated carbocycles. The summed E-state index contributed by atoms with van der Waals surface area (Å²) in [6.07, 6.45) is 0. The second kappa shape index (κ2) is 2.59. The van der Waals surface area contributed by atoms with Gasteiger partial charge < -0.3 is 14.8 Å². The lowest BCUT2D eigenvalue weighted by Gasteiger charge is -2.05. The van der Waals surface area contributed by atoms with E-state index in [-0.39, 0.29) is 0 Å². The van der Waals surface area contributed by atoms with Crippen LogP contribution in [0.25, 0.3) is 0 Å². The molecule has 0 aliphatic carbocycles. The predicted molar refractivity (Wildman–Crippen MR) is 46.8 cm³/mol. The van der Waals surface area contributed by atoms with Crippen molar-refractivity contribution in [1.82, 2.24) is 0 Å². The maximum atomic E-state index is 5.32. The summed E-state index contributed by atoms with van der Waals surface area (Å²) in [5, 5.41) is 3.05. The minimum Gasteiger partial charge on any atom is -0.453 e. The zero-order valence-electron chi connectivity index (χ0n) is 7.18. The number of hydrogen-bond acceptors (Lipinski definition) is 3. The number of hydrogen-bond donors (Lipinski definition) is 1. The van der Waals surface area contributed by atoms with E-state index in [2.05, 4.69) is 5.32 Å². The van der Waals surface area contributed by atoms with Gasteiger partial charge in [-0.25, -0.2) is 0 Å². The largest absolute Gasteiger partial charge is 0.453 e. The van der Waals surface area contributed by atoms with Gasteiger partial charge in [-0.3, -0.25) is 0 Å². The number of ether oxygens (including phenoxy) is 2. The lowest BCUT2D eigenvalue weighted by atomic mass is 10.2. The van der Waals surface area contributed by atoms with Gasteiger partial charge in [0.1, 0.15) is 0 Å². The van der Waals surface area contributed by atoms with Gasteiger partial charge in [0.25, 0.3) is 0 Å². The molecule has 1 aromatic carbocycles. The minimum absolute atomic E-state index is 0.328. The molecule has 0 bridgehead atoms. The molecule has 0 atom stereocenters. The highest BCUT2D eigenvalue weighted by molar-refractivity contribution is 5.66. The maximum absolute atomic E-state index is 5.32. The molecule has 0 fully saturated rings. The summed E-state index contributed by atoms with van der Waals surface area (Å²) in [4.78, 5) is 0. The van der Waals surface area contributed by atoms with E-state index < -0.39 is 0 Å². The molecule has 1 aliphatic rings. The van der Waals surface area contributed by atoms with Crippen molar-refractivity contribution in [3.8, 4) is 11.5 Å². The molecule has 1 heterocycles. The van der Waals surface area contributed by atoms with Gasteiger partial charge in [-0.15, -0.1) is 0 Å². The van der Waals surface area contributed by atoms with Gasteiger partial charge in [0.15, 0.2) is 11.5 Å². The van der Waals surface area contributed by atoms with Gasteiger partial charge in [-0.05, 0) is 18.6 Å². The van der Waals surface area contributed by atoms with Gasteiger partial charge in [0, 0.05) is 7.05 Å². The summed E-state index contributed by atoms with van der Waals surface area (Å²) in [6.45, 7) is 2.34. The van der Waals surface area contributed by atoms with Gasteiger partial charge in [-0.1, -0.05) is 6.07 Å². The van der Waals surface area contributed by atoms with Crippen LogP contribution in [0.2, 0.25) is 0 Å². The van der Waals surface area contributed by atoms with Crippen LogP contribution in [0.3, 0.4) is 0 Å². The zero-order chi connectivity index (χ0) is 8.55. The number of anilines is 1. The van der Waals surface area contributed by atoms with Gasteiger partial charge in [0.2, 0.25) is 6.79 Å². The molecule has 2 rings (SSSR count). The third kappa shape index (κ3) is 0.897. The summed E-state index contributed by atoms with van der Waals surface area (Å²) in [6, 6.07) is 4.00. The Kier molecular flexibility index (Phi) is 1.57. The molecule has 0 aromatic heterocycles. The van der Waals surface area contributed by atoms with E-state index in [0.717, 1.165) is 22.7 Å². The SMILES string of the molecule is CNc1ccc(C)c2c1OCO2. The van der Waals surface area contributed by atoms with Crippen LogP contribution in [0, 0.1) is 6.92 Å². The average molecular weight is 165 g/mol. The van der Waals surface area contributed by atoms with E-state index in [1.54, 1.807) is 0 Å². The van der Waals surface area contributed by atoms with Gasteiger partial charge in [0.05, 0.1) is 5.69 Å². The molecule has 0 amide bonds. The van der Waals surface area contributed by atoms with Crippen molar-refractivity contribution < 1.29 is 9.47 Å². The Labute approximate surface area is 71.3 Å². The highest BCUT2D eigenvalue weighted by Crippen LogP contribution is 2.41. The Morgan fingerprint density at radius 3 is 2.75 bits per heavy atom.